The van der Waals surface area contributed by atoms with Gasteiger partial charge in [-0.15, -0.1) is 0 Å². The van der Waals surface area contributed by atoms with Gasteiger partial charge in [0.1, 0.15) is 0 Å². The van der Waals surface area contributed by atoms with Crippen LogP contribution >= 0.6 is 11.3 Å². The number of halogens is 3. The monoisotopic (exact) mass is 315 g/mol. The Labute approximate surface area is 124 Å². The molecule has 2 heterocycles. The summed E-state index contributed by atoms with van der Waals surface area (Å²) >= 11 is 1.40. The predicted molar refractivity (Wildman–Crippen MR) is 78.7 cm³/mol. The number of likely N-dealkylation sites (tertiary alicyclic amines) is 1. The molecule has 0 radical (unpaired) electrons. The van der Waals surface area contributed by atoms with E-state index >= 15 is 0 Å². The van der Waals surface area contributed by atoms with E-state index in [0.717, 1.165) is 42.9 Å². The van der Waals surface area contributed by atoms with Gasteiger partial charge in [0.05, 0.1) is 15.8 Å². The highest BCUT2D eigenvalue weighted by Crippen LogP contribution is 2.34. The Hall–Kier alpha value is -1.34. The van der Waals surface area contributed by atoms with E-state index in [0.29, 0.717) is 16.6 Å². The van der Waals surface area contributed by atoms with E-state index in [1.807, 2.05) is 0 Å². The van der Waals surface area contributed by atoms with Gasteiger partial charge < -0.3 is 10.2 Å². The smallest absolute Gasteiger partial charge is 0.361 e. The molecule has 0 saturated carbocycles. The lowest BCUT2D eigenvalue weighted by molar-refractivity contribution is -0.137. The average Bonchev–Trinajstić information content (AvgIpc) is 2.99. The van der Waals surface area contributed by atoms with E-state index in [-0.39, 0.29) is 0 Å². The molecule has 1 unspecified atom stereocenters. The molecule has 0 bridgehead atoms. The minimum atomic E-state index is -4.32. The number of nitrogens with zero attached hydrogens (tertiary/aromatic N) is 2. The second kappa shape index (κ2) is 5.46. The molecule has 21 heavy (non-hydrogen) atoms. The summed E-state index contributed by atoms with van der Waals surface area (Å²) in [4.78, 5) is 6.54. The molecule has 1 fully saturated rings. The Balaban J connectivity index is 1.72. The van der Waals surface area contributed by atoms with Crippen molar-refractivity contribution in [3.8, 4) is 0 Å². The SMILES string of the molecule is CN1CCC(CNc2nc3cc(C(F)(F)F)ccc3s2)C1. The molecule has 114 valence electrons. The fourth-order valence-electron chi connectivity index (χ4n) is 2.60. The van der Waals surface area contributed by atoms with Crippen molar-refractivity contribution >= 4 is 26.7 Å². The van der Waals surface area contributed by atoms with Gasteiger partial charge in [0, 0.05) is 13.1 Å². The van der Waals surface area contributed by atoms with Gasteiger partial charge in [-0.2, -0.15) is 13.2 Å². The number of anilines is 1. The van der Waals surface area contributed by atoms with E-state index in [9.17, 15) is 13.2 Å². The summed E-state index contributed by atoms with van der Waals surface area (Å²) in [6.07, 6.45) is -3.17. The quantitative estimate of drug-likeness (QED) is 0.936. The summed E-state index contributed by atoms with van der Waals surface area (Å²) in [7, 11) is 2.09. The molecular formula is C14H16F3N3S. The van der Waals surface area contributed by atoms with Crippen LogP contribution in [0.3, 0.4) is 0 Å². The second-order valence-corrected chi connectivity index (χ2v) is 6.53. The van der Waals surface area contributed by atoms with Crippen LogP contribution < -0.4 is 5.32 Å². The van der Waals surface area contributed by atoms with Crippen LogP contribution in [0, 0.1) is 5.92 Å². The number of rotatable bonds is 3. The number of benzene rings is 1. The van der Waals surface area contributed by atoms with Crippen LogP contribution in [-0.2, 0) is 6.18 Å². The van der Waals surface area contributed by atoms with Crippen LogP contribution in [0.15, 0.2) is 18.2 Å². The molecule has 1 aromatic heterocycles. The van der Waals surface area contributed by atoms with Gasteiger partial charge in [-0.1, -0.05) is 11.3 Å². The molecule has 7 heteroatoms. The van der Waals surface area contributed by atoms with Crippen molar-refractivity contribution in [3.63, 3.8) is 0 Å². The average molecular weight is 315 g/mol. The summed E-state index contributed by atoms with van der Waals surface area (Å²) in [5.74, 6) is 0.577. The second-order valence-electron chi connectivity index (χ2n) is 5.50. The summed E-state index contributed by atoms with van der Waals surface area (Å²) in [5.41, 5.74) is -0.245. The molecule has 1 aliphatic rings. The first kappa shape index (κ1) is 14.6. The van der Waals surface area contributed by atoms with Crippen molar-refractivity contribution in [2.24, 2.45) is 5.92 Å². The Bertz CT molecular complexity index is 638. The first-order chi connectivity index (χ1) is 9.91. The van der Waals surface area contributed by atoms with E-state index in [2.05, 4.69) is 22.2 Å². The lowest BCUT2D eigenvalue weighted by Gasteiger charge is -2.10. The molecule has 0 aliphatic carbocycles. The zero-order valence-electron chi connectivity index (χ0n) is 11.6. The van der Waals surface area contributed by atoms with Crippen molar-refractivity contribution in [3.05, 3.63) is 23.8 Å². The Morgan fingerprint density at radius 3 is 2.90 bits per heavy atom. The molecule has 1 saturated heterocycles. The molecule has 1 N–H and O–H groups in total. The van der Waals surface area contributed by atoms with Crippen LogP contribution in [0.5, 0.6) is 0 Å². The van der Waals surface area contributed by atoms with Gasteiger partial charge >= 0.3 is 6.18 Å². The fourth-order valence-corrected chi connectivity index (χ4v) is 3.46. The Kier molecular flexibility index (Phi) is 3.79. The Morgan fingerprint density at radius 2 is 2.24 bits per heavy atom. The van der Waals surface area contributed by atoms with Crippen LogP contribution in [-0.4, -0.2) is 36.6 Å². The molecular weight excluding hydrogens is 299 g/mol. The number of aromatic nitrogens is 1. The number of hydrogen-bond acceptors (Lipinski definition) is 4. The van der Waals surface area contributed by atoms with Crippen LogP contribution in [0.1, 0.15) is 12.0 Å². The maximum atomic E-state index is 12.7. The summed E-state index contributed by atoms with van der Waals surface area (Å²) in [5, 5.41) is 3.95. The molecule has 1 atom stereocenters. The zero-order valence-corrected chi connectivity index (χ0v) is 12.4. The topological polar surface area (TPSA) is 28.2 Å². The molecule has 2 aromatic rings. The third-order valence-corrected chi connectivity index (χ3v) is 4.74. The minimum absolute atomic E-state index is 0.404. The van der Waals surface area contributed by atoms with Crippen molar-refractivity contribution in [2.75, 3.05) is 32.0 Å². The molecule has 1 aliphatic heterocycles. The number of fused-ring (bicyclic) bond motifs is 1. The van der Waals surface area contributed by atoms with Gasteiger partial charge in [-0.05, 0) is 44.1 Å². The first-order valence-electron chi connectivity index (χ1n) is 6.82. The van der Waals surface area contributed by atoms with Crippen molar-refractivity contribution in [1.29, 1.82) is 0 Å². The van der Waals surface area contributed by atoms with Crippen molar-refractivity contribution in [2.45, 2.75) is 12.6 Å². The summed E-state index contributed by atoms with van der Waals surface area (Å²) in [6.45, 7) is 2.97. The summed E-state index contributed by atoms with van der Waals surface area (Å²) < 4.78 is 38.8. The number of thiazole rings is 1. The zero-order chi connectivity index (χ0) is 15.0. The molecule has 1 aromatic carbocycles. The highest BCUT2D eigenvalue weighted by molar-refractivity contribution is 7.22. The lowest BCUT2D eigenvalue weighted by Crippen LogP contribution is -2.19. The number of nitrogens with one attached hydrogen (secondary N) is 1. The van der Waals surface area contributed by atoms with Crippen molar-refractivity contribution in [1.82, 2.24) is 9.88 Å². The van der Waals surface area contributed by atoms with E-state index < -0.39 is 11.7 Å². The first-order valence-corrected chi connectivity index (χ1v) is 7.63. The van der Waals surface area contributed by atoms with Crippen molar-refractivity contribution < 1.29 is 13.2 Å². The summed E-state index contributed by atoms with van der Waals surface area (Å²) in [6, 6.07) is 3.71. The molecule has 3 nitrogen and oxygen atoms in total. The highest BCUT2D eigenvalue weighted by Gasteiger charge is 2.30. The number of hydrogen-bond donors (Lipinski definition) is 1. The predicted octanol–water partition coefficient (Wildman–Crippen LogP) is 3.68. The van der Waals surface area contributed by atoms with Gasteiger partial charge in [-0.3, -0.25) is 0 Å². The third-order valence-electron chi connectivity index (χ3n) is 3.75. The van der Waals surface area contributed by atoms with Crippen LogP contribution in [0.4, 0.5) is 18.3 Å². The van der Waals surface area contributed by atoms with E-state index in [4.69, 9.17) is 0 Å². The largest absolute Gasteiger partial charge is 0.416 e. The van der Waals surface area contributed by atoms with Gasteiger partial charge in [-0.25, -0.2) is 4.98 Å². The highest BCUT2D eigenvalue weighted by atomic mass is 32.1. The normalized spacial score (nSPS) is 20.3. The van der Waals surface area contributed by atoms with E-state index in [1.54, 1.807) is 0 Å². The van der Waals surface area contributed by atoms with Crippen LogP contribution in [0.25, 0.3) is 10.2 Å². The maximum Gasteiger partial charge on any atom is 0.416 e. The minimum Gasteiger partial charge on any atom is -0.361 e. The van der Waals surface area contributed by atoms with Gasteiger partial charge in [0.25, 0.3) is 0 Å². The molecule has 3 rings (SSSR count). The van der Waals surface area contributed by atoms with Gasteiger partial charge in [0.2, 0.25) is 0 Å². The Morgan fingerprint density at radius 1 is 1.43 bits per heavy atom. The fraction of sp³-hybridized carbons (Fsp3) is 0.500. The third kappa shape index (κ3) is 3.29. The van der Waals surface area contributed by atoms with Crippen LogP contribution in [0.2, 0.25) is 0 Å². The maximum absolute atomic E-state index is 12.7. The standard InChI is InChI=1S/C14H16F3N3S/c1-20-5-4-9(8-20)7-18-13-19-11-6-10(14(15,16)17)2-3-12(11)21-13/h2-3,6,9H,4-5,7-8H2,1H3,(H,18,19). The molecule has 0 spiro atoms. The van der Waals surface area contributed by atoms with Gasteiger partial charge in [0.15, 0.2) is 5.13 Å². The lowest BCUT2D eigenvalue weighted by atomic mass is 10.1. The molecule has 0 amide bonds. The number of alkyl halides is 3. The van der Waals surface area contributed by atoms with E-state index in [1.165, 1.54) is 17.4 Å².